The Balaban J connectivity index is 1.89. The van der Waals surface area contributed by atoms with Crippen LogP contribution in [0.5, 0.6) is 0 Å². The van der Waals surface area contributed by atoms with Crippen LogP contribution in [-0.4, -0.2) is 8.07 Å². The fourth-order valence-corrected chi connectivity index (χ4v) is 9.31. The molecular formula is C24H28Si. The molecule has 0 bridgehead atoms. The predicted octanol–water partition coefficient (Wildman–Crippen LogP) is 5.15. The van der Waals surface area contributed by atoms with Crippen LogP contribution in [0.15, 0.2) is 46.2 Å². The molecule has 1 heteroatoms. The number of hydrogen-bond acceptors (Lipinski definition) is 0. The lowest BCUT2D eigenvalue weighted by molar-refractivity contribution is 0.849. The van der Waals surface area contributed by atoms with Gasteiger partial charge in [0.1, 0.15) is 8.07 Å². The van der Waals surface area contributed by atoms with E-state index in [0.29, 0.717) is 5.92 Å². The van der Waals surface area contributed by atoms with Crippen molar-refractivity contribution in [3.05, 3.63) is 67.8 Å². The summed E-state index contributed by atoms with van der Waals surface area (Å²) >= 11 is 0. The molecule has 25 heavy (non-hydrogen) atoms. The van der Waals surface area contributed by atoms with E-state index in [1.54, 1.807) is 21.5 Å². The first-order valence-electron chi connectivity index (χ1n) is 9.38. The highest BCUT2D eigenvalue weighted by Gasteiger charge is 2.40. The number of benzene rings is 1. The zero-order chi connectivity index (χ0) is 18.1. The summed E-state index contributed by atoms with van der Waals surface area (Å²) < 4.78 is 0. The van der Waals surface area contributed by atoms with Gasteiger partial charge in [0.25, 0.3) is 0 Å². The molecule has 0 radical (unpaired) electrons. The quantitative estimate of drug-likeness (QED) is 0.651. The zero-order valence-electron chi connectivity index (χ0n) is 16.5. The van der Waals surface area contributed by atoms with Gasteiger partial charge in [-0.15, -0.1) is 0 Å². The Morgan fingerprint density at radius 1 is 0.960 bits per heavy atom. The van der Waals surface area contributed by atoms with Crippen molar-refractivity contribution >= 4 is 31.0 Å². The second kappa shape index (κ2) is 5.31. The average molecular weight is 345 g/mol. The van der Waals surface area contributed by atoms with Gasteiger partial charge in [-0.3, -0.25) is 0 Å². The highest BCUT2D eigenvalue weighted by molar-refractivity contribution is 7.00. The first-order valence-corrected chi connectivity index (χ1v) is 12.4. The van der Waals surface area contributed by atoms with Crippen LogP contribution >= 0.6 is 0 Å². The molecule has 128 valence electrons. The summed E-state index contributed by atoms with van der Waals surface area (Å²) in [6, 6.07) is 4.83. The molecule has 1 aromatic carbocycles. The molecule has 0 N–H and O–H groups in total. The fraction of sp³-hybridized carbons (Fsp3) is 0.333. The van der Waals surface area contributed by atoms with E-state index in [0.717, 1.165) is 0 Å². The first kappa shape index (κ1) is 16.6. The topological polar surface area (TPSA) is 0 Å². The Kier molecular flexibility index (Phi) is 3.53. The maximum atomic E-state index is 2.55. The van der Waals surface area contributed by atoms with Crippen LogP contribution in [0.1, 0.15) is 45.7 Å². The summed E-state index contributed by atoms with van der Waals surface area (Å²) in [6.07, 6.45) is 9.13. The lowest BCUT2D eigenvalue weighted by atomic mass is 10.1. The molecule has 0 saturated heterocycles. The van der Waals surface area contributed by atoms with E-state index in [1.165, 1.54) is 32.7 Å². The molecule has 0 aliphatic heterocycles. The normalized spacial score (nSPS) is 21.8. The Morgan fingerprint density at radius 2 is 1.68 bits per heavy atom. The van der Waals surface area contributed by atoms with E-state index in [4.69, 9.17) is 0 Å². The van der Waals surface area contributed by atoms with Gasteiger partial charge in [-0.05, 0) is 83.7 Å². The zero-order valence-corrected chi connectivity index (χ0v) is 17.5. The lowest BCUT2D eigenvalue weighted by Gasteiger charge is -2.32. The molecule has 1 atom stereocenters. The number of rotatable bonds is 2. The second-order valence-corrected chi connectivity index (χ2v) is 12.8. The van der Waals surface area contributed by atoms with Crippen molar-refractivity contribution in [2.24, 2.45) is 5.92 Å². The van der Waals surface area contributed by atoms with Gasteiger partial charge in [-0.1, -0.05) is 60.7 Å². The number of allylic oxidation sites excluding steroid dienone is 6. The SMILES string of the molecule is CC1=C(C)C(C)C([Si](C)(C)C2=CC(C)=c3cc4c(cc32)=CC=C4)=C1C. The van der Waals surface area contributed by atoms with E-state index in [9.17, 15) is 0 Å². The molecule has 0 heterocycles. The Bertz CT molecular complexity index is 1050. The standard InChI is InChI=1S/C24H28Si/c1-14-11-23(22-13-20-10-8-9-19(20)12-21(14)22)25(6,7)24-17(4)15(2)16(3)18(24)5/h8-13,17H,1-7H3. The molecule has 1 unspecified atom stereocenters. The Morgan fingerprint density at radius 3 is 2.32 bits per heavy atom. The van der Waals surface area contributed by atoms with Crippen molar-refractivity contribution in [1.29, 1.82) is 0 Å². The van der Waals surface area contributed by atoms with Crippen LogP contribution in [0.4, 0.5) is 0 Å². The highest BCUT2D eigenvalue weighted by Crippen LogP contribution is 2.46. The van der Waals surface area contributed by atoms with Crippen molar-refractivity contribution in [3.8, 4) is 0 Å². The minimum atomic E-state index is -1.73. The van der Waals surface area contributed by atoms with Gasteiger partial charge < -0.3 is 0 Å². The summed E-state index contributed by atoms with van der Waals surface area (Å²) in [5.41, 5.74) is 8.93. The molecule has 0 spiro atoms. The van der Waals surface area contributed by atoms with E-state index >= 15 is 0 Å². The number of hydrogen-bond donors (Lipinski definition) is 0. The van der Waals surface area contributed by atoms with E-state index in [-0.39, 0.29) is 0 Å². The third-order valence-corrected chi connectivity index (χ3v) is 10.8. The fourth-order valence-electron chi connectivity index (χ4n) is 5.13. The van der Waals surface area contributed by atoms with E-state index < -0.39 is 8.07 Å². The summed E-state index contributed by atoms with van der Waals surface area (Å²) in [5.74, 6) is 0.592. The second-order valence-electron chi connectivity index (χ2n) is 8.49. The van der Waals surface area contributed by atoms with Gasteiger partial charge in [0.15, 0.2) is 0 Å². The average Bonchev–Trinajstić information content (AvgIpc) is 3.20. The van der Waals surface area contributed by atoms with Crippen molar-refractivity contribution in [2.75, 3.05) is 0 Å². The molecule has 1 aromatic rings. The molecule has 4 rings (SSSR count). The maximum Gasteiger partial charge on any atom is 0.109 e. The summed E-state index contributed by atoms with van der Waals surface area (Å²) in [7, 11) is -1.73. The highest BCUT2D eigenvalue weighted by atomic mass is 28.3. The van der Waals surface area contributed by atoms with Crippen LogP contribution in [-0.2, 0) is 0 Å². The van der Waals surface area contributed by atoms with Crippen LogP contribution in [0, 0.1) is 5.92 Å². The summed E-state index contributed by atoms with van der Waals surface area (Å²) in [6.45, 7) is 16.8. The van der Waals surface area contributed by atoms with Gasteiger partial charge >= 0.3 is 0 Å². The molecule has 0 nitrogen and oxygen atoms in total. The van der Waals surface area contributed by atoms with Gasteiger partial charge in [0.05, 0.1) is 0 Å². The molecule has 0 fully saturated rings. The third kappa shape index (κ3) is 2.18. The van der Waals surface area contributed by atoms with Crippen LogP contribution < -0.4 is 10.4 Å². The van der Waals surface area contributed by atoms with Crippen molar-refractivity contribution in [1.82, 2.24) is 0 Å². The first-order chi connectivity index (χ1) is 11.7. The van der Waals surface area contributed by atoms with E-state index in [1.807, 2.05) is 0 Å². The van der Waals surface area contributed by atoms with Crippen molar-refractivity contribution < 1.29 is 0 Å². The Labute approximate surface area is 152 Å². The van der Waals surface area contributed by atoms with Crippen molar-refractivity contribution in [2.45, 2.75) is 47.7 Å². The summed E-state index contributed by atoms with van der Waals surface area (Å²) in [4.78, 5) is 0. The monoisotopic (exact) mass is 344 g/mol. The van der Waals surface area contributed by atoms with Crippen LogP contribution in [0.25, 0.3) is 22.9 Å². The molecular weight excluding hydrogens is 316 g/mol. The minimum Gasteiger partial charge on any atom is -0.0662 e. The summed E-state index contributed by atoms with van der Waals surface area (Å²) in [5, 5.41) is 6.17. The molecule has 0 aromatic heterocycles. The molecule has 0 saturated carbocycles. The van der Waals surface area contributed by atoms with Crippen molar-refractivity contribution in [3.63, 3.8) is 0 Å². The van der Waals surface area contributed by atoms with Gasteiger partial charge in [0, 0.05) is 0 Å². The predicted molar refractivity (Wildman–Crippen MR) is 114 cm³/mol. The largest absolute Gasteiger partial charge is 0.109 e. The lowest BCUT2D eigenvalue weighted by Crippen LogP contribution is -2.35. The number of fused-ring (bicyclic) bond motifs is 2. The van der Waals surface area contributed by atoms with Gasteiger partial charge in [0.2, 0.25) is 0 Å². The van der Waals surface area contributed by atoms with Crippen LogP contribution in [0.3, 0.4) is 0 Å². The molecule has 3 aliphatic carbocycles. The maximum absolute atomic E-state index is 2.55. The van der Waals surface area contributed by atoms with Gasteiger partial charge in [-0.2, -0.15) is 0 Å². The smallest absolute Gasteiger partial charge is 0.0662 e. The molecule has 0 amide bonds. The van der Waals surface area contributed by atoms with Crippen LogP contribution in [0.2, 0.25) is 13.1 Å². The van der Waals surface area contributed by atoms with Gasteiger partial charge in [-0.25, -0.2) is 0 Å². The third-order valence-electron chi connectivity index (χ3n) is 6.84. The Hall–Kier alpha value is -1.86. The van der Waals surface area contributed by atoms with E-state index in [2.05, 4.69) is 84.1 Å². The minimum absolute atomic E-state index is 0.592. The molecule has 3 aliphatic rings.